The molecule has 3 amide bonds. The first-order valence-electron chi connectivity index (χ1n) is 10.3. The third-order valence-electron chi connectivity index (χ3n) is 4.82. The summed E-state index contributed by atoms with van der Waals surface area (Å²) in [7, 11) is 0. The van der Waals surface area contributed by atoms with Crippen molar-refractivity contribution in [3.05, 3.63) is 48.5 Å². The zero-order chi connectivity index (χ0) is 22.2. The Morgan fingerprint density at radius 2 is 1.81 bits per heavy atom. The molecule has 1 fully saturated rings. The molecule has 2 N–H and O–H groups in total. The molecule has 2 aromatic carbocycles. The number of hydrogen-bond acceptors (Lipinski definition) is 5. The van der Waals surface area contributed by atoms with Gasteiger partial charge in [0.15, 0.2) is 6.61 Å². The molecule has 8 nitrogen and oxygen atoms in total. The number of ether oxygens (including phenoxy) is 2. The second kappa shape index (κ2) is 10.5. The normalized spacial score (nSPS) is 15.5. The van der Waals surface area contributed by atoms with Crippen LogP contribution in [-0.2, 0) is 14.4 Å². The summed E-state index contributed by atoms with van der Waals surface area (Å²) in [5, 5.41) is 5.50. The number of hydrogen-bond donors (Lipinski definition) is 2. The third kappa shape index (κ3) is 5.75. The van der Waals surface area contributed by atoms with E-state index in [0.29, 0.717) is 42.6 Å². The summed E-state index contributed by atoms with van der Waals surface area (Å²) in [4.78, 5) is 38.3. The van der Waals surface area contributed by atoms with Crippen LogP contribution in [0.25, 0.3) is 0 Å². The van der Waals surface area contributed by atoms with Gasteiger partial charge >= 0.3 is 0 Å². The predicted octanol–water partition coefficient (Wildman–Crippen LogP) is 2.59. The molecular weight excluding hydrogens is 398 g/mol. The number of para-hydroxylation sites is 2. The molecule has 0 saturated carbocycles. The standard InChI is InChI=1S/C23H27N3O5/c1-3-24-21(27)15-31-18-11-9-17(10-12-18)25-23(29)16-13-22(28)26(14-16)19-7-5-6-8-20(19)30-4-2/h5-12,16H,3-4,13-15H2,1-2H3,(H,24,27)(H,25,29). The van der Waals surface area contributed by atoms with E-state index >= 15 is 0 Å². The lowest BCUT2D eigenvalue weighted by molar-refractivity contribution is -0.123. The number of nitrogens with one attached hydrogen (secondary N) is 2. The molecule has 0 radical (unpaired) electrons. The lowest BCUT2D eigenvalue weighted by atomic mass is 10.1. The highest BCUT2D eigenvalue weighted by molar-refractivity contribution is 6.04. The van der Waals surface area contributed by atoms with E-state index in [1.807, 2.05) is 38.1 Å². The summed E-state index contributed by atoms with van der Waals surface area (Å²) < 4.78 is 11.0. The number of rotatable bonds is 9. The molecule has 1 saturated heterocycles. The average molecular weight is 425 g/mol. The predicted molar refractivity (Wildman–Crippen MR) is 117 cm³/mol. The maximum Gasteiger partial charge on any atom is 0.257 e. The Morgan fingerprint density at radius 1 is 1.06 bits per heavy atom. The van der Waals surface area contributed by atoms with Crippen LogP contribution in [0.3, 0.4) is 0 Å². The van der Waals surface area contributed by atoms with Crippen molar-refractivity contribution in [1.82, 2.24) is 5.32 Å². The number of carbonyl (C=O) groups is 3. The molecule has 0 aliphatic carbocycles. The Bertz CT molecular complexity index is 929. The second-order valence-corrected chi connectivity index (χ2v) is 7.06. The molecule has 3 rings (SSSR count). The SMILES string of the molecule is CCNC(=O)COc1ccc(NC(=O)C2CC(=O)N(c3ccccc3OCC)C2)cc1. The van der Waals surface area contributed by atoms with Crippen molar-refractivity contribution >= 4 is 29.1 Å². The summed E-state index contributed by atoms with van der Waals surface area (Å²) in [6, 6.07) is 14.1. The zero-order valence-electron chi connectivity index (χ0n) is 17.7. The highest BCUT2D eigenvalue weighted by Crippen LogP contribution is 2.33. The minimum absolute atomic E-state index is 0.0667. The van der Waals surface area contributed by atoms with Gasteiger partial charge in [-0.3, -0.25) is 14.4 Å². The lowest BCUT2D eigenvalue weighted by Gasteiger charge is -2.20. The van der Waals surface area contributed by atoms with Gasteiger partial charge in [-0.25, -0.2) is 0 Å². The van der Waals surface area contributed by atoms with Crippen molar-refractivity contribution < 1.29 is 23.9 Å². The van der Waals surface area contributed by atoms with Gasteiger partial charge in [-0.15, -0.1) is 0 Å². The molecule has 1 unspecified atom stereocenters. The number of likely N-dealkylation sites (N-methyl/N-ethyl adjacent to an activating group) is 1. The number of carbonyl (C=O) groups excluding carboxylic acids is 3. The quantitative estimate of drug-likeness (QED) is 0.644. The fourth-order valence-corrected chi connectivity index (χ4v) is 3.35. The van der Waals surface area contributed by atoms with Crippen molar-refractivity contribution in [3.63, 3.8) is 0 Å². The van der Waals surface area contributed by atoms with Gasteiger partial charge in [0.2, 0.25) is 11.8 Å². The van der Waals surface area contributed by atoms with E-state index in [1.54, 1.807) is 29.2 Å². The van der Waals surface area contributed by atoms with E-state index in [1.165, 1.54) is 0 Å². The number of amides is 3. The number of nitrogens with zero attached hydrogens (tertiary/aromatic N) is 1. The molecule has 0 bridgehead atoms. The molecule has 8 heteroatoms. The fourth-order valence-electron chi connectivity index (χ4n) is 3.35. The largest absolute Gasteiger partial charge is 0.492 e. The van der Waals surface area contributed by atoms with E-state index in [4.69, 9.17) is 9.47 Å². The molecule has 0 aromatic heterocycles. The molecule has 0 spiro atoms. The molecule has 1 atom stereocenters. The Labute approximate surface area is 181 Å². The lowest BCUT2D eigenvalue weighted by Crippen LogP contribution is -2.28. The molecule has 31 heavy (non-hydrogen) atoms. The van der Waals surface area contributed by atoms with Crippen LogP contribution in [0.5, 0.6) is 11.5 Å². The monoisotopic (exact) mass is 425 g/mol. The molecule has 1 heterocycles. The van der Waals surface area contributed by atoms with Crippen molar-refractivity contribution in [3.8, 4) is 11.5 Å². The van der Waals surface area contributed by atoms with Crippen LogP contribution in [0.2, 0.25) is 0 Å². The summed E-state index contributed by atoms with van der Waals surface area (Å²) in [6.45, 7) is 4.99. The highest BCUT2D eigenvalue weighted by Gasteiger charge is 2.36. The average Bonchev–Trinajstić information content (AvgIpc) is 3.16. The van der Waals surface area contributed by atoms with Crippen LogP contribution in [0.1, 0.15) is 20.3 Å². The minimum Gasteiger partial charge on any atom is -0.492 e. The van der Waals surface area contributed by atoms with E-state index in [-0.39, 0.29) is 30.7 Å². The van der Waals surface area contributed by atoms with Crippen LogP contribution < -0.4 is 25.0 Å². The van der Waals surface area contributed by atoms with Gasteiger partial charge in [0.1, 0.15) is 11.5 Å². The Morgan fingerprint density at radius 3 is 2.52 bits per heavy atom. The van der Waals surface area contributed by atoms with E-state index in [9.17, 15) is 14.4 Å². The minimum atomic E-state index is -0.462. The third-order valence-corrected chi connectivity index (χ3v) is 4.82. The summed E-state index contributed by atoms with van der Waals surface area (Å²) in [6.07, 6.45) is 0.139. The highest BCUT2D eigenvalue weighted by atomic mass is 16.5. The number of benzene rings is 2. The Kier molecular flexibility index (Phi) is 7.48. The first-order chi connectivity index (χ1) is 15.0. The molecular formula is C23H27N3O5. The van der Waals surface area contributed by atoms with Gasteiger partial charge in [-0.05, 0) is 50.2 Å². The van der Waals surface area contributed by atoms with Crippen LogP contribution in [0, 0.1) is 5.92 Å². The summed E-state index contributed by atoms with van der Waals surface area (Å²) in [5.74, 6) is 0.167. The van der Waals surface area contributed by atoms with E-state index in [0.717, 1.165) is 0 Å². The number of anilines is 2. The van der Waals surface area contributed by atoms with Crippen molar-refractivity contribution in [1.29, 1.82) is 0 Å². The van der Waals surface area contributed by atoms with Gasteiger partial charge in [0.05, 0.1) is 18.2 Å². The molecule has 2 aromatic rings. The maximum atomic E-state index is 12.7. The maximum absolute atomic E-state index is 12.7. The second-order valence-electron chi connectivity index (χ2n) is 7.06. The van der Waals surface area contributed by atoms with Crippen LogP contribution in [-0.4, -0.2) is 44.0 Å². The fraction of sp³-hybridized carbons (Fsp3) is 0.348. The van der Waals surface area contributed by atoms with E-state index < -0.39 is 5.92 Å². The Balaban J connectivity index is 1.58. The smallest absolute Gasteiger partial charge is 0.257 e. The van der Waals surface area contributed by atoms with Crippen molar-refractivity contribution in [2.24, 2.45) is 5.92 Å². The van der Waals surface area contributed by atoms with E-state index in [2.05, 4.69) is 10.6 Å². The van der Waals surface area contributed by atoms with Gasteiger partial charge in [-0.1, -0.05) is 12.1 Å². The topological polar surface area (TPSA) is 97.0 Å². The molecule has 1 aliphatic heterocycles. The van der Waals surface area contributed by atoms with Crippen LogP contribution >= 0.6 is 0 Å². The molecule has 1 aliphatic rings. The molecule has 164 valence electrons. The zero-order valence-corrected chi connectivity index (χ0v) is 17.7. The van der Waals surface area contributed by atoms with Crippen molar-refractivity contribution in [2.75, 3.05) is 36.5 Å². The van der Waals surface area contributed by atoms with Gasteiger partial charge < -0.3 is 25.0 Å². The van der Waals surface area contributed by atoms with Gasteiger partial charge in [-0.2, -0.15) is 0 Å². The first kappa shape index (κ1) is 22.1. The van der Waals surface area contributed by atoms with Crippen LogP contribution in [0.15, 0.2) is 48.5 Å². The van der Waals surface area contributed by atoms with Crippen molar-refractivity contribution in [2.45, 2.75) is 20.3 Å². The summed E-state index contributed by atoms with van der Waals surface area (Å²) >= 11 is 0. The Hall–Kier alpha value is -3.55. The van der Waals surface area contributed by atoms with Gasteiger partial charge in [0.25, 0.3) is 5.91 Å². The first-order valence-corrected chi connectivity index (χ1v) is 10.3. The van der Waals surface area contributed by atoms with Crippen LogP contribution in [0.4, 0.5) is 11.4 Å². The summed E-state index contributed by atoms with van der Waals surface area (Å²) in [5.41, 5.74) is 1.27. The van der Waals surface area contributed by atoms with Gasteiger partial charge in [0, 0.05) is 25.2 Å².